The van der Waals surface area contributed by atoms with E-state index in [0.29, 0.717) is 19.0 Å². The second-order valence-electron chi connectivity index (χ2n) is 8.45. The second kappa shape index (κ2) is 9.52. The van der Waals surface area contributed by atoms with Gasteiger partial charge in [-0.1, -0.05) is 25.1 Å². The summed E-state index contributed by atoms with van der Waals surface area (Å²) in [4.78, 5) is 31.4. The molecular formula is C22H34N4O2. The van der Waals surface area contributed by atoms with E-state index in [4.69, 9.17) is 0 Å². The van der Waals surface area contributed by atoms with Crippen molar-refractivity contribution in [3.05, 3.63) is 29.3 Å². The Labute approximate surface area is 168 Å². The van der Waals surface area contributed by atoms with Crippen LogP contribution in [0.4, 0.5) is 5.69 Å². The molecular weight excluding hydrogens is 352 g/mol. The molecule has 6 heteroatoms. The summed E-state index contributed by atoms with van der Waals surface area (Å²) in [6.45, 7) is 12.3. The molecule has 6 nitrogen and oxygen atoms in total. The number of para-hydroxylation sites is 1. The van der Waals surface area contributed by atoms with Crippen molar-refractivity contribution in [2.75, 3.05) is 57.7 Å². The van der Waals surface area contributed by atoms with Crippen molar-refractivity contribution in [2.45, 2.75) is 33.6 Å². The van der Waals surface area contributed by atoms with E-state index in [1.807, 2.05) is 36.9 Å². The third-order valence-electron chi connectivity index (χ3n) is 5.95. The van der Waals surface area contributed by atoms with E-state index in [-0.39, 0.29) is 11.8 Å². The van der Waals surface area contributed by atoms with Gasteiger partial charge in [-0.05, 0) is 43.7 Å². The number of carbonyl (C=O) groups is 2. The SMILES string of the molecule is Cc1cccc(C)c1NC(=O)CN1CCN(CC(=O)N2CCC[C@@H](C)C2)CC1. The second-order valence-corrected chi connectivity index (χ2v) is 8.45. The normalized spacial score (nSPS) is 21.5. The summed E-state index contributed by atoms with van der Waals surface area (Å²) in [5.41, 5.74) is 3.10. The van der Waals surface area contributed by atoms with Crippen molar-refractivity contribution in [3.63, 3.8) is 0 Å². The molecule has 1 aromatic rings. The van der Waals surface area contributed by atoms with Crippen LogP contribution in [0, 0.1) is 19.8 Å². The van der Waals surface area contributed by atoms with Crippen molar-refractivity contribution >= 4 is 17.5 Å². The zero-order valence-electron chi connectivity index (χ0n) is 17.5. The maximum atomic E-state index is 12.5. The number of rotatable bonds is 5. The highest BCUT2D eigenvalue weighted by atomic mass is 16.2. The fourth-order valence-electron chi connectivity index (χ4n) is 4.21. The van der Waals surface area contributed by atoms with E-state index in [1.165, 1.54) is 6.42 Å². The van der Waals surface area contributed by atoms with Crippen molar-refractivity contribution in [3.8, 4) is 0 Å². The Hall–Kier alpha value is -1.92. The zero-order valence-corrected chi connectivity index (χ0v) is 17.5. The highest BCUT2D eigenvalue weighted by Crippen LogP contribution is 2.19. The van der Waals surface area contributed by atoms with Gasteiger partial charge >= 0.3 is 0 Å². The minimum Gasteiger partial charge on any atom is -0.341 e. The van der Waals surface area contributed by atoms with Crippen molar-refractivity contribution in [2.24, 2.45) is 5.92 Å². The number of piperidine rings is 1. The molecule has 1 N–H and O–H groups in total. The molecule has 0 saturated carbocycles. The van der Waals surface area contributed by atoms with E-state index < -0.39 is 0 Å². The van der Waals surface area contributed by atoms with Crippen LogP contribution in [-0.4, -0.2) is 78.9 Å². The number of likely N-dealkylation sites (tertiary alicyclic amines) is 1. The van der Waals surface area contributed by atoms with Gasteiger partial charge < -0.3 is 10.2 Å². The zero-order chi connectivity index (χ0) is 20.1. The van der Waals surface area contributed by atoms with Gasteiger partial charge in [0.2, 0.25) is 11.8 Å². The molecule has 1 aromatic carbocycles. The van der Waals surface area contributed by atoms with Gasteiger partial charge in [-0.2, -0.15) is 0 Å². The molecule has 28 heavy (non-hydrogen) atoms. The van der Waals surface area contributed by atoms with Gasteiger partial charge in [-0.3, -0.25) is 19.4 Å². The first-order chi connectivity index (χ1) is 13.4. The first-order valence-corrected chi connectivity index (χ1v) is 10.5. The summed E-state index contributed by atoms with van der Waals surface area (Å²) in [5.74, 6) is 0.905. The lowest BCUT2D eigenvalue weighted by Crippen LogP contribution is -2.52. The Kier molecular flexibility index (Phi) is 7.08. The topological polar surface area (TPSA) is 55.9 Å². The van der Waals surface area contributed by atoms with E-state index in [9.17, 15) is 9.59 Å². The van der Waals surface area contributed by atoms with E-state index in [1.54, 1.807) is 0 Å². The van der Waals surface area contributed by atoms with Crippen molar-refractivity contribution < 1.29 is 9.59 Å². The Morgan fingerprint density at radius 2 is 1.61 bits per heavy atom. The highest BCUT2D eigenvalue weighted by Gasteiger charge is 2.25. The number of hydrogen-bond acceptors (Lipinski definition) is 4. The Morgan fingerprint density at radius 1 is 1.00 bits per heavy atom. The molecule has 154 valence electrons. The van der Waals surface area contributed by atoms with Crippen LogP contribution in [0.25, 0.3) is 0 Å². The standard InChI is InChI=1S/C22H34N4O2/c1-17-6-5-9-26(14-17)21(28)16-25-12-10-24(11-13-25)15-20(27)23-22-18(2)7-4-8-19(22)3/h4,7-8,17H,5-6,9-16H2,1-3H3,(H,23,27)/t17-/m1/s1. The highest BCUT2D eigenvalue weighted by molar-refractivity contribution is 5.93. The summed E-state index contributed by atoms with van der Waals surface area (Å²) in [5, 5.41) is 3.06. The summed E-state index contributed by atoms with van der Waals surface area (Å²) in [7, 11) is 0. The van der Waals surface area contributed by atoms with Gasteiger partial charge in [0.05, 0.1) is 13.1 Å². The molecule has 0 bridgehead atoms. The third kappa shape index (κ3) is 5.55. The summed E-state index contributed by atoms with van der Waals surface area (Å²) in [6, 6.07) is 6.04. The van der Waals surface area contributed by atoms with E-state index in [0.717, 1.165) is 62.5 Å². The lowest BCUT2D eigenvalue weighted by Gasteiger charge is -2.36. The minimum atomic E-state index is 0.0317. The number of carbonyl (C=O) groups excluding carboxylic acids is 2. The van der Waals surface area contributed by atoms with E-state index >= 15 is 0 Å². The van der Waals surface area contributed by atoms with Gasteiger partial charge in [0.15, 0.2) is 0 Å². The molecule has 0 spiro atoms. The van der Waals surface area contributed by atoms with Gasteiger partial charge in [0.1, 0.15) is 0 Å². The molecule has 2 fully saturated rings. The molecule has 2 aliphatic rings. The van der Waals surface area contributed by atoms with E-state index in [2.05, 4.69) is 22.0 Å². The lowest BCUT2D eigenvalue weighted by atomic mass is 10.0. The average Bonchev–Trinajstić information content (AvgIpc) is 2.66. The Bertz CT molecular complexity index is 678. The minimum absolute atomic E-state index is 0.0317. The van der Waals surface area contributed by atoms with Gasteiger partial charge in [-0.15, -0.1) is 0 Å². The largest absolute Gasteiger partial charge is 0.341 e. The number of hydrogen-bond donors (Lipinski definition) is 1. The number of nitrogens with one attached hydrogen (secondary N) is 1. The maximum Gasteiger partial charge on any atom is 0.238 e. The molecule has 3 rings (SSSR count). The van der Waals surface area contributed by atoms with Gasteiger partial charge in [-0.25, -0.2) is 0 Å². The van der Waals surface area contributed by atoms with Crippen LogP contribution >= 0.6 is 0 Å². The molecule has 0 aliphatic carbocycles. The predicted octanol–water partition coefficient (Wildman–Crippen LogP) is 2.12. The van der Waals surface area contributed by atoms with Crippen molar-refractivity contribution in [1.82, 2.24) is 14.7 Å². The number of benzene rings is 1. The molecule has 2 amide bonds. The monoisotopic (exact) mass is 386 g/mol. The quantitative estimate of drug-likeness (QED) is 0.842. The Morgan fingerprint density at radius 3 is 2.21 bits per heavy atom. The van der Waals surface area contributed by atoms with Crippen LogP contribution < -0.4 is 5.32 Å². The van der Waals surface area contributed by atoms with Crippen molar-refractivity contribution in [1.29, 1.82) is 0 Å². The molecule has 1 atom stereocenters. The van der Waals surface area contributed by atoms with Crippen LogP contribution in [-0.2, 0) is 9.59 Å². The Balaban J connectivity index is 1.41. The van der Waals surface area contributed by atoms with Crippen LogP contribution in [0.5, 0.6) is 0 Å². The number of nitrogens with zero attached hydrogens (tertiary/aromatic N) is 3. The third-order valence-corrected chi connectivity index (χ3v) is 5.95. The first-order valence-electron chi connectivity index (χ1n) is 10.5. The first kappa shape index (κ1) is 20.8. The van der Waals surface area contributed by atoms with Gasteiger partial charge in [0.25, 0.3) is 0 Å². The van der Waals surface area contributed by atoms with Crippen LogP contribution in [0.1, 0.15) is 30.9 Å². The molecule has 0 radical (unpaired) electrons. The van der Waals surface area contributed by atoms with Crippen LogP contribution in [0.3, 0.4) is 0 Å². The molecule has 2 heterocycles. The summed E-state index contributed by atoms with van der Waals surface area (Å²) < 4.78 is 0. The number of piperazine rings is 1. The number of amides is 2. The number of aryl methyl sites for hydroxylation is 2. The fraction of sp³-hybridized carbons (Fsp3) is 0.636. The maximum absolute atomic E-state index is 12.5. The molecule has 0 aromatic heterocycles. The average molecular weight is 387 g/mol. The summed E-state index contributed by atoms with van der Waals surface area (Å²) >= 11 is 0. The molecule has 0 unspecified atom stereocenters. The molecule has 2 saturated heterocycles. The van der Waals surface area contributed by atoms with Crippen LogP contribution in [0.2, 0.25) is 0 Å². The van der Waals surface area contributed by atoms with Crippen LogP contribution in [0.15, 0.2) is 18.2 Å². The summed E-state index contributed by atoms with van der Waals surface area (Å²) in [6.07, 6.45) is 2.35. The number of anilines is 1. The lowest BCUT2D eigenvalue weighted by molar-refractivity contribution is -0.134. The van der Waals surface area contributed by atoms with Gasteiger partial charge in [0, 0.05) is 45.0 Å². The fourth-order valence-corrected chi connectivity index (χ4v) is 4.21. The predicted molar refractivity (Wildman–Crippen MR) is 112 cm³/mol. The molecule has 2 aliphatic heterocycles. The smallest absolute Gasteiger partial charge is 0.238 e.